The monoisotopic (exact) mass is 220 g/mol. The number of carboxylic acids is 1. The van der Waals surface area contributed by atoms with Gasteiger partial charge in [-0.2, -0.15) is 0 Å². The average Bonchev–Trinajstić information content (AvgIpc) is 2.71. The van der Waals surface area contributed by atoms with E-state index in [-0.39, 0.29) is 0 Å². The molecule has 86 valence electrons. The van der Waals surface area contributed by atoms with Gasteiger partial charge in [0.1, 0.15) is 16.9 Å². The maximum absolute atomic E-state index is 11.3. The molecule has 16 heavy (non-hydrogen) atoms. The van der Waals surface area contributed by atoms with Crippen molar-refractivity contribution in [3.63, 3.8) is 0 Å². The van der Waals surface area contributed by atoms with E-state index in [2.05, 4.69) is 6.92 Å². The van der Waals surface area contributed by atoms with E-state index >= 15 is 0 Å². The molecule has 0 aromatic carbocycles. The second-order valence-electron chi connectivity index (χ2n) is 5.26. The van der Waals surface area contributed by atoms with Crippen molar-refractivity contribution < 1.29 is 14.3 Å². The number of carboxylic acid groups (broad SMARTS) is 1. The minimum Gasteiger partial charge on any atom is -0.480 e. The molecule has 1 heterocycles. The fourth-order valence-corrected chi connectivity index (χ4v) is 2.62. The van der Waals surface area contributed by atoms with Crippen molar-refractivity contribution in [2.75, 3.05) is 0 Å². The van der Waals surface area contributed by atoms with Gasteiger partial charge in [0, 0.05) is 5.92 Å². The highest BCUT2D eigenvalue weighted by atomic mass is 16.4. The first-order chi connectivity index (χ1) is 7.63. The first kappa shape index (κ1) is 9.94. The average molecular weight is 220 g/mol. The molecule has 2 aliphatic carbocycles. The molecule has 3 nitrogen and oxygen atoms in total. The summed E-state index contributed by atoms with van der Waals surface area (Å²) in [6, 6.07) is 3.83. The van der Waals surface area contributed by atoms with Gasteiger partial charge in [-0.3, -0.25) is 4.79 Å². The first-order valence-electron chi connectivity index (χ1n) is 5.97. The number of carbonyl (C=O) groups is 1. The Bertz CT molecular complexity index is 428. The van der Waals surface area contributed by atoms with E-state index < -0.39 is 11.4 Å². The molecule has 2 fully saturated rings. The SMILES string of the molecule is CC1CC1c1ccc(C2(C(=O)O)CCC2)o1. The van der Waals surface area contributed by atoms with Crippen LogP contribution in [-0.4, -0.2) is 11.1 Å². The molecule has 2 saturated carbocycles. The van der Waals surface area contributed by atoms with Gasteiger partial charge < -0.3 is 9.52 Å². The summed E-state index contributed by atoms with van der Waals surface area (Å²) in [7, 11) is 0. The van der Waals surface area contributed by atoms with Crippen molar-refractivity contribution in [1.82, 2.24) is 0 Å². The molecular weight excluding hydrogens is 204 g/mol. The summed E-state index contributed by atoms with van der Waals surface area (Å²) >= 11 is 0. The Morgan fingerprint density at radius 2 is 2.19 bits per heavy atom. The molecule has 0 bridgehead atoms. The zero-order chi connectivity index (χ0) is 11.3. The molecule has 0 aliphatic heterocycles. The van der Waals surface area contributed by atoms with Crippen LogP contribution in [0.2, 0.25) is 0 Å². The number of hydrogen-bond donors (Lipinski definition) is 1. The van der Waals surface area contributed by atoms with Gasteiger partial charge in [-0.15, -0.1) is 0 Å². The minimum atomic E-state index is -0.733. The number of rotatable bonds is 3. The first-order valence-corrected chi connectivity index (χ1v) is 5.97. The Balaban J connectivity index is 1.89. The molecular formula is C13H16O3. The number of aliphatic carboxylic acids is 1. The van der Waals surface area contributed by atoms with Crippen molar-refractivity contribution in [2.45, 2.75) is 43.9 Å². The van der Waals surface area contributed by atoms with Crippen LogP contribution >= 0.6 is 0 Å². The maximum atomic E-state index is 11.3. The van der Waals surface area contributed by atoms with Crippen molar-refractivity contribution in [2.24, 2.45) is 5.92 Å². The van der Waals surface area contributed by atoms with E-state index in [1.54, 1.807) is 0 Å². The summed E-state index contributed by atoms with van der Waals surface area (Å²) < 4.78 is 5.77. The normalized spacial score (nSPS) is 30.8. The van der Waals surface area contributed by atoms with Crippen molar-refractivity contribution in [1.29, 1.82) is 0 Å². The summed E-state index contributed by atoms with van der Waals surface area (Å²) in [4.78, 5) is 11.3. The van der Waals surface area contributed by atoms with Crippen molar-refractivity contribution in [3.8, 4) is 0 Å². The van der Waals surface area contributed by atoms with Gasteiger partial charge in [-0.25, -0.2) is 0 Å². The lowest BCUT2D eigenvalue weighted by molar-refractivity contribution is -0.148. The third-order valence-corrected chi connectivity index (χ3v) is 4.19. The second-order valence-corrected chi connectivity index (χ2v) is 5.26. The highest BCUT2D eigenvalue weighted by molar-refractivity contribution is 5.81. The second kappa shape index (κ2) is 3.12. The van der Waals surface area contributed by atoms with E-state index in [0.29, 0.717) is 17.6 Å². The van der Waals surface area contributed by atoms with Crippen molar-refractivity contribution in [3.05, 3.63) is 23.7 Å². The van der Waals surface area contributed by atoms with Gasteiger partial charge >= 0.3 is 5.97 Å². The molecule has 2 unspecified atom stereocenters. The fraction of sp³-hybridized carbons (Fsp3) is 0.615. The van der Waals surface area contributed by atoms with Gasteiger partial charge in [-0.1, -0.05) is 13.3 Å². The van der Waals surface area contributed by atoms with Crippen LogP contribution in [0, 0.1) is 5.92 Å². The molecule has 0 radical (unpaired) electrons. The Labute approximate surface area is 94.5 Å². The summed E-state index contributed by atoms with van der Waals surface area (Å²) in [6.07, 6.45) is 3.60. The Morgan fingerprint density at radius 1 is 1.50 bits per heavy atom. The van der Waals surface area contributed by atoms with Crippen LogP contribution in [0.25, 0.3) is 0 Å². The molecule has 0 saturated heterocycles. The molecule has 3 heteroatoms. The molecule has 1 aromatic heterocycles. The molecule has 0 amide bonds. The molecule has 0 spiro atoms. The topological polar surface area (TPSA) is 50.4 Å². The van der Waals surface area contributed by atoms with Crippen LogP contribution in [0.15, 0.2) is 16.5 Å². The van der Waals surface area contributed by atoms with E-state index in [1.165, 1.54) is 6.42 Å². The molecule has 2 atom stereocenters. The lowest BCUT2D eigenvalue weighted by Crippen LogP contribution is -2.41. The lowest BCUT2D eigenvalue weighted by atomic mass is 9.67. The molecule has 2 aliphatic rings. The summed E-state index contributed by atoms with van der Waals surface area (Å²) in [5, 5.41) is 9.29. The third kappa shape index (κ3) is 1.24. The van der Waals surface area contributed by atoms with Gasteiger partial charge in [0.25, 0.3) is 0 Å². The Kier molecular flexibility index (Phi) is 1.94. The van der Waals surface area contributed by atoms with E-state index in [9.17, 15) is 9.90 Å². The van der Waals surface area contributed by atoms with Gasteiger partial charge in [0.05, 0.1) is 0 Å². The van der Waals surface area contributed by atoms with Crippen LogP contribution in [0.3, 0.4) is 0 Å². The quantitative estimate of drug-likeness (QED) is 0.852. The summed E-state index contributed by atoms with van der Waals surface area (Å²) in [5.41, 5.74) is -0.712. The zero-order valence-electron chi connectivity index (χ0n) is 9.40. The predicted octanol–water partition coefficient (Wildman–Crippen LogP) is 2.91. The lowest BCUT2D eigenvalue weighted by Gasteiger charge is -2.35. The highest BCUT2D eigenvalue weighted by Crippen LogP contribution is 2.50. The predicted molar refractivity (Wildman–Crippen MR) is 58.4 cm³/mol. The number of furan rings is 1. The third-order valence-electron chi connectivity index (χ3n) is 4.19. The Hall–Kier alpha value is -1.25. The molecule has 1 N–H and O–H groups in total. The number of hydrogen-bond acceptors (Lipinski definition) is 2. The Morgan fingerprint density at radius 3 is 2.62 bits per heavy atom. The van der Waals surface area contributed by atoms with Crippen LogP contribution < -0.4 is 0 Å². The van der Waals surface area contributed by atoms with E-state index in [1.807, 2.05) is 12.1 Å². The summed E-state index contributed by atoms with van der Waals surface area (Å²) in [5.74, 6) is 2.14. The zero-order valence-corrected chi connectivity index (χ0v) is 9.40. The smallest absolute Gasteiger partial charge is 0.317 e. The van der Waals surface area contributed by atoms with Crippen LogP contribution in [0.1, 0.15) is 50.0 Å². The maximum Gasteiger partial charge on any atom is 0.317 e. The van der Waals surface area contributed by atoms with Gasteiger partial charge in [0.2, 0.25) is 0 Å². The van der Waals surface area contributed by atoms with E-state index in [4.69, 9.17) is 4.42 Å². The van der Waals surface area contributed by atoms with Gasteiger partial charge in [-0.05, 0) is 37.3 Å². The minimum absolute atomic E-state index is 0.527. The van der Waals surface area contributed by atoms with E-state index in [0.717, 1.165) is 25.0 Å². The molecule has 3 rings (SSSR count). The standard InChI is InChI=1S/C13H16O3/c1-8-7-9(8)10-3-4-11(16-10)13(12(14)15)5-2-6-13/h3-4,8-9H,2,5-7H2,1H3,(H,14,15). The van der Waals surface area contributed by atoms with Gasteiger partial charge in [0.15, 0.2) is 0 Å². The highest BCUT2D eigenvalue weighted by Gasteiger charge is 2.49. The van der Waals surface area contributed by atoms with Crippen molar-refractivity contribution >= 4 is 5.97 Å². The largest absolute Gasteiger partial charge is 0.480 e. The van der Waals surface area contributed by atoms with Crippen LogP contribution in [0.4, 0.5) is 0 Å². The van der Waals surface area contributed by atoms with Crippen LogP contribution in [-0.2, 0) is 10.2 Å². The van der Waals surface area contributed by atoms with Crippen LogP contribution in [0.5, 0.6) is 0 Å². The summed E-state index contributed by atoms with van der Waals surface area (Å²) in [6.45, 7) is 2.20. The fourth-order valence-electron chi connectivity index (χ4n) is 2.62. The molecule has 1 aromatic rings.